The van der Waals surface area contributed by atoms with Crippen LogP contribution in [0.3, 0.4) is 0 Å². The Morgan fingerprint density at radius 3 is 2.88 bits per heavy atom. The fraction of sp³-hybridized carbons (Fsp3) is 0.211. The molecule has 3 rings (SSSR count). The minimum absolute atomic E-state index is 0.000204. The maximum Gasteiger partial charge on any atom is 0.270 e. The van der Waals surface area contributed by atoms with E-state index in [9.17, 15) is 19.3 Å². The molecule has 0 aliphatic carbocycles. The highest BCUT2D eigenvalue weighted by atomic mass is 19.1. The van der Waals surface area contributed by atoms with E-state index >= 15 is 0 Å². The van der Waals surface area contributed by atoms with Crippen LogP contribution in [0, 0.1) is 15.9 Å². The maximum atomic E-state index is 13.4. The first-order valence-electron chi connectivity index (χ1n) is 8.00. The van der Waals surface area contributed by atoms with Crippen LogP contribution in [0.4, 0.5) is 15.8 Å². The molecule has 5 nitrogen and oxygen atoms in total. The normalized spacial score (nSPS) is 16.7. The predicted molar refractivity (Wildman–Crippen MR) is 93.8 cm³/mol. The number of halogens is 1. The molecule has 1 amide bonds. The second-order valence-corrected chi connectivity index (χ2v) is 6.05. The van der Waals surface area contributed by atoms with Crippen LogP contribution < -0.4 is 4.90 Å². The summed E-state index contributed by atoms with van der Waals surface area (Å²) in [6.45, 7) is 1.95. The van der Waals surface area contributed by atoms with Crippen molar-refractivity contribution in [1.82, 2.24) is 0 Å². The highest BCUT2D eigenvalue weighted by Crippen LogP contribution is 2.31. The lowest BCUT2D eigenvalue weighted by Gasteiger charge is -2.34. The van der Waals surface area contributed by atoms with Gasteiger partial charge in [-0.15, -0.1) is 0 Å². The number of non-ortho nitro benzene ring substituents is 1. The summed E-state index contributed by atoms with van der Waals surface area (Å²) in [5.41, 5.74) is 2.08. The number of amides is 1. The predicted octanol–water partition coefficient (Wildman–Crippen LogP) is 4.12. The number of hydrogen-bond donors (Lipinski definition) is 0. The summed E-state index contributed by atoms with van der Waals surface area (Å²) in [4.78, 5) is 24.7. The van der Waals surface area contributed by atoms with E-state index in [1.165, 1.54) is 30.3 Å². The number of hydrogen-bond acceptors (Lipinski definition) is 3. The molecule has 2 aromatic carbocycles. The van der Waals surface area contributed by atoms with E-state index in [-0.39, 0.29) is 23.5 Å². The molecule has 1 aliphatic rings. The van der Waals surface area contributed by atoms with Crippen LogP contribution in [0.15, 0.2) is 48.5 Å². The van der Waals surface area contributed by atoms with Gasteiger partial charge in [0.15, 0.2) is 0 Å². The van der Waals surface area contributed by atoms with Crippen LogP contribution in [0.25, 0.3) is 6.08 Å². The lowest BCUT2D eigenvalue weighted by molar-refractivity contribution is -0.384. The second-order valence-electron chi connectivity index (χ2n) is 6.05. The number of nitrogens with zero attached hydrogens (tertiary/aromatic N) is 2. The molecule has 0 bridgehead atoms. The molecular formula is C19H17FN2O3. The van der Waals surface area contributed by atoms with Gasteiger partial charge < -0.3 is 4.90 Å². The first-order chi connectivity index (χ1) is 12.0. The van der Waals surface area contributed by atoms with E-state index < -0.39 is 4.92 Å². The number of benzene rings is 2. The molecule has 0 spiro atoms. The lowest BCUT2D eigenvalue weighted by atomic mass is 9.96. The monoisotopic (exact) mass is 340 g/mol. The van der Waals surface area contributed by atoms with E-state index in [1.807, 2.05) is 6.92 Å². The molecule has 0 aromatic heterocycles. The molecule has 0 radical (unpaired) electrons. The number of carbonyl (C=O) groups excluding carboxylic acids is 1. The van der Waals surface area contributed by atoms with Crippen LogP contribution in [0.1, 0.15) is 24.5 Å². The molecule has 1 heterocycles. The standard InChI is InChI=1S/C19H17FN2O3/c1-13-5-7-15-12-16(20)8-9-18(15)21(13)19(23)10-6-14-3-2-4-17(11-14)22(24)25/h2-4,6,8-13H,5,7H2,1H3/b10-6+/t13-/m0/s1. The summed E-state index contributed by atoms with van der Waals surface area (Å²) >= 11 is 0. The summed E-state index contributed by atoms with van der Waals surface area (Å²) in [5.74, 6) is -0.542. The first-order valence-corrected chi connectivity index (χ1v) is 8.00. The summed E-state index contributed by atoms with van der Waals surface area (Å²) in [6, 6.07) is 10.5. The summed E-state index contributed by atoms with van der Waals surface area (Å²) < 4.78 is 13.4. The van der Waals surface area contributed by atoms with Crippen molar-refractivity contribution < 1.29 is 14.1 Å². The van der Waals surface area contributed by atoms with Crippen molar-refractivity contribution >= 4 is 23.4 Å². The summed E-state index contributed by atoms with van der Waals surface area (Å²) in [5, 5.41) is 10.8. The molecule has 0 fully saturated rings. The third-order valence-corrected chi connectivity index (χ3v) is 4.31. The van der Waals surface area contributed by atoms with Gasteiger partial charge in [-0.1, -0.05) is 12.1 Å². The van der Waals surface area contributed by atoms with E-state index in [4.69, 9.17) is 0 Å². The van der Waals surface area contributed by atoms with Gasteiger partial charge in [0.1, 0.15) is 5.82 Å². The fourth-order valence-electron chi connectivity index (χ4n) is 3.05. The molecule has 128 valence electrons. The van der Waals surface area contributed by atoms with E-state index in [2.05, 4.69) is 0 Å². The third-order valence-electron chi connectivity index (χ3n) is 4.31. The van der Waals surface area contributed by atoms with Crippen molar-refractivity contribution in [2.24, 2.45) is 0 Å². The molecule has 1 atom stereocenters. The van der Waals surface area contributed by atoms with Gasteiger partial charge in [-0.2, -0.15) is 0 Å². The number of carbonyl (C=O) groups is 1. The topological polar surface area (TPSA) is 63.5 Å². The Morgan fingerprint density at radius 2 is 2.12 bits per heavy atom. The molecule has 0 unspecified atom stereocenters. The van der Waals surface area contributed by atoms with Crippen molar-refractivity contribution in [2.45, 2.75) is 25.8 Å². The van der Waals surface area contributed by atoms with Crippen molar-refractivity contribution in [3.63, 3.8) is 0 Å². The van der Waals surface area contributed by atoms with Gasteiger partial charge in [0.05, 0.1) is 4.92 Å². The Labute approximate surface area is 144 Å². The zero-order valence-electron chi connectivity index (χ0n) is 13.7. The Morgan fingerprint density at radius 1 is 1.32 bits per heavy atom. The smallest absolute Gasteiger partial charge is 0.270 e. The second kappa shape index (κ2) is 6.84. The van der Waals surface area contributed by atoms with Gasteiger partial charge in [0.25, 0.3) is 11.6 Å². The lowest BCUT2D eigenvalue weighted by Crippen LogP contribution is -2.41. The Bertz CT molecular complexity index is 863. The minimum Gasteiger partial charge on any atom is -0.306 e. The number of anilines is 1. The molecule has 0 saturated heterocycles. The van der Waals surface area contributed by atoms with Gasteiger partial charge in [-0.3, -0.25) is 14.9 Å². The van der Waals surface area contributed by atoms with Gasteiger partial charge in [-0.25, -0.2) is 4.39 Å². The summed E-state index contributed by atoms with van der Waals surface area (Å²) in [6.07, 6.45) is 4.44. The average Bonchev–Trinajstić information content (AvgIpc) is 2.60. The Kier molecular flexibility index (Phi) is 4.61. The quantitative estimate of drug-likeness (QED) is 0.480. The van der Waals surface area contributed by atoms with Gasteiger partial charge >= 0.3 is 0 Å². The van der Waals surface area contributed by atoms with Gasteiger partial charge in [-0.05, 0) is 55.2 Å². The highest BCUT2D eigenvalue weighted by Gasteiger charge is 2.27. The zero-order chi connectivity index (χ0) is 18.0. The van der Waals surface area contributed by atoms with E-state index in [0.717, 1.165) is 18.4 Å². The fourth-order valence-corrected chi connectivity index (χ4v) is 3.05. The van der Waals surface area contributed by atoms with Crippen LogP contribution in [0.2, 0.25) is 0 Å². The SMILES string of the molecule is C[C@H]1CCc2cc(F)ccc2N1C(=O)/C=C/c1cccc([N+](=O)[O-])c1. The molecule has 6 heteroatoms. The third kappa shape index (κ3) is 3.57. The number of rotatable bonds is 3. The zero-order valence-corrected chi connectivity index (χ0v) is 13.7. The van der Waals surface area contributed by atoms with Crippen molar-refractivity contribution in [3.05, 3.63) is 75.6 Å². The number of nitro groups is 1. The maximum absolute atomic E-state index is 13.4. The highest BCUT2D eigenvalue weighted by molar-refractivity contribution is 6.05. The van der Waals surface area contributed by atoms with Crippen molar-refractivity contribution in [1.29, 1.82) is 0 Å². The van der Waals surface area contributed by atoms with Crippen LogP contribution in [0.5, 0.6) is 0 Å². The minimum atomic E-state index is -0.476. The van der Waals surface area contributed by atoms with Crippen molar-refractivity contribution in [3.8, 4) is 0 Å². The molecule has 2 aromatic rings. The number of fused-ring (bicyclic) bond motifs is 1. The van der Waals surface area contributed by atoms with E-state index in [0.29, 0.717) is 11.3 Å². The number of nitro benzene ring substituents is 1. The summed E-state index contributed by atoms with van der Waals surface area (Å²) in [7, 11) is 0. The molecule has 0 saturated carbocycles. The molecule has 25 heavy (non-hydrogen) atoms. The van der Waals surface area contributed by atoms with Crippen molar-refractivity contribution in [2.75, 3.05) is 4.90 Å². The molecule has 0 N–H and O–H groups in total. The Hall–Kier alpha value is -3.02. The average molecular weight is 340 g/mol. The molecular weight excluding hydrogens is 323 g/mol. The van der Waals surface area contributed by atoms with Gasteiger partial charge in [0.2, 0.25) is 0 Å². The van der Waals surface area contributed by atoms with Gasteiger partial charge in [0, 0.05) is 29.9 Å². The van der Waals surface area contributed by atoms with E-state index in [1.54, 1.807) is 29.2 Å². The van der Waals surface area contributed by atoms with Crippen LogP contribution >= 0.6 is 0 Å². The van der Waals surface area contributed by atoms with Crippen LogP contribution in [-0.4, -0.2) is 16.9 Å². The Balaban J connectivity index is 1.86. The molecule has 1 aliphatic heterocycles. The largest absolute Gasteiger partial charge is 0.306 e. The van der Waals surface area contributed by atoms with Crippen LogP contribution in [-0.2, 0) is 11.2 Å². The first kappa shape index (κ1) is 16.8. The number of aryl methyl sites for hydroxylation is 1.